The molecule has 7 nitrogen and oxygen atoms in total. The van der Waals surface area contributed by atoms with Gasteiger partial charge in [-0.2, -0.15) is 0 Å². The number of benzene rings is 3. The van der Waals surface area contributed by atoms with Crippen molar-refractivity contribution in [3.05, 3.63) is 95.0 Å². The van der Waals surface area contributed by atoms with E-state index in [0.29, 0.717) is 28.3 Å². The third-order valence-corrected chi connectivity index (χ3v) is 9.77. The molecule has 9 heteroatoms. The summed E-state index contributed by atoms with van der Waals surface area (Å²) in [7, 11) is -4.10. The fraction of sp³-hybridized carbons (Fsp3) is 0.375. The number of hydrogen-bond acceptors (Lipinski definition) is 4. The lowest BCUT2D eigenvalue weighted by Gasteiger charge is -2.35. The van der Waals surface area contributed by atoms with Crippen molar-refractivity contribution in [1.82, 2.24) is 10.2 Å². The second-order valence-corrected chi connectivity index (χ2v) is 12.8. The van der Waals surface area contributed by atoms with E-state index in [9.17, 15) is 18.0 Å². The minimum Gasteiger partial charge on any atom is -0.352 e. The number of carbonyl (C=O) groups is 2. The molecule has 1 N–H and O–H groups in total. The standard InChI is InChI=1S/C32H38ClN3O4S/c1-3-29(32(38)34-26-16-6-4-7-17-26)35(22-25-15-11-12-20-28(25)33)31(37)23-36(30-21-13-10-14-24(30)2)41(39,40)27-18-8-5-9-19-27/h5,8-15,18-21,26,29H,3-4,6-7,16-17,22-23H2,1-2H3,(H,34,38)/t29-/m0/s1. The average Bonchev–Trinajstić information content (AvgIpc) is 2.98. The summed E-state index contributed by atoms with van der Waals surface area (Å²) in [6.45, 7) is 3.26. The molecular formula is C32H38ClN3O4S. The van der Waals surface area contributed by atoms with E-state index >= 15 is 0 Å². The molecule has 218 valence electrons. The summed E-state index contributed by atoms with van der Waals surface area (Å²) in [6.07, 6.45) is 5.48. The van der Waals surface area contributed by atoms with Gasteiger partial charge in [0, 0.05) is 17.6 Å². The van der Waals surface area contributed by atoms with E-state index in [1.165, 1.54) is 17.0 Å². The first-order chi connectivity index (χ1) is 19.7. The van der Waals surface area contributed by atoms with Gasteiger partial charge in [0.2, 0.25) is 11.8 Å². The zero-order chi connectivity index (χ0) is 29.4. The Morgan fingerprint density at radius 3 is 2.22 bits per heavy atom. The minimum absolute atomic E-state index is 0.0715. The first-order valence-corrected chi connectivity index (χ1v) is 16.0. The van der Waals surface area contributed by atoms with Gasteiger partial charge in [-0.3, -0.25) is 13.9 Å². The number of para-hydroxylation sites is 1. The molecule has 3 aromatic carbocycles. The maximum Gasteiger partial charge on any atom is 0.264 e. The number of aryl methyl sites for hydroxylation is 1. The number of halogens is 1. The first-order valence-electron chi connectivity index (χ1n) is 14.2. The van der Waals surface area contributed by atoms with Crippen molar-refractivity contribution in [3.63, 3.8) is 0 Å². The highest BCUT2D eigenvalue weighted by Crippen LogP contribution is 2.28. The molecule has 1 saturated carbocycles. The van der Waals surface area contributed by atoms with E-state index in [4.69, 9.17) is 11.6 Å². The summed E-state index contributed by atoms with van der Waals surface area (Å²) < 4.78 is 29.0. The minimum atomic E-state index is -4.10. The van der Waals surface area contributed by atoms with Gasteiger partial charge in [0.15, 0.2) is 0 Å². The molecule has 0 bridgehead atoms. The highest BCUT2D eigenvalue weighted by Gasteiger charge is 2.35. The van der Waals surface area contributed by atoms with Crippen LogP contribution in [0.15, 0.2) is 83.8 Å². The van der Waals surface area contributed by atoms with Crippen LogP contribution in [-0.4, -0.2) is 43.8 Å². The van der Waals surface area contributed by atoms with Gasteiger partial charge in [0.25, 0.3) is 10.0 Å². The van der Waals surface area contributed by atoms with Crippen LogP contribution in [0, 0.1) is 6.92 Å². The number of amides is 2. The van der Waals surface area contributed by atoms with Crippen molar-refractivity contribution in [3.8, 4) is 0 Å². The Bertz CT molecular complexity index is 1440. The van der Waals surface area contributed by atoms with Crippen LogP contribution in [0.3, 0.4) is 0 Å². The van der Waals surface area contributed by atoms with E-state index in [-0.39, 0.29) is 23.4 Å². The number of nitrogens with one attached hydrogen (secondary N) is 1. The maximum absolute atomic E-state index is 14.2. The molecule has 0 unspecified atom stereocenters. The number of carbonyl (C=O) groups excluding carboxylic acids is 2. The Labute approximate surface area is 248 Å². The number of hydrogen-bond donors (Lipinski definition) is 1. The lowest BCUT2D eigenvalue weighted by Crippen LogP contribution is -2.54. The largest absolute Gasteiger partial charge is 0.352 e. The van der Waals surface area contributed by atoms with Crippen molar-refractivity contribution in [2.75, 3.05) is 10.8 Å². The Kier molecular flexibility index (Phi) is 10.5. The Morgan fingerprint density at radius 2 is 1.56 bits per heavy atom. The summed E-state index contributed by atoms with van der Waals surface area (Å²) >= 11 is 6.49. The number of rotatable bonds is 11. The van der Waals surface area contributed by atoms with Gasteiger partial charge in [-0.25, -0.2) is 8.42 Å². The molecule has 0 aliphatic heterocycles. The normalized spacial score (nSPS) is 14.7. The second-order valence-electron chi connectivity index (χ2n) is 10.5. The molecule has 4 rings (SSSR count). The lowest BCUT2D eigenvalue weighted by molar-refractivity contribution is -0.140. The number of nitrogens with zero attached hydrogens (tertiary/aromatic N) is 2. The lowest BCUT2D eigenvalue weighted by atomic mass is 9.95. The molecule has 0 spiro atoms. The molecule has 1 aliphatic carbocycles. The van der Waals surface area contributed by atoms with Crippen LogP contribution in [0.25, 0.3) is 0 Å². The molecule has 1 fully saturated rings. The molecule has 2 amide bonds. The Hall–Kier alpha value is -3.36. The summed E-state index contributed by atoms with van der Waals surface area (Å²) in [5, 5.41) is 3.63. The monoisotopic (exact) mass is 595 g/mol. The van der Waals surface area contributed by atoms with Crippen LogP contribution in [-0.2, 0) is 26.2 Å². The van der Waals surface area contributed by atoms with Crippen LogP contribution >= 0.6 is 11.6 Å². The van der Waals surface area contributed by atoms with Crippen molar-refractivity contribution in [1.29, 1.82) is 0 Å². The summed E-state index contributed by atoms with van der Waals surface area (Å²) in [5.74, 6) is -0.716. The summed E-state index contributed by atoms with van der Waals surface area (Å²) in [5.41, 5.74) is 1.79. The van der Waals surface area contributed by atoms with Crippen molar-refractivity contribution in [2.24, 2.45) is 0 Å². The predicted octanol–water partition coefficient (Wildman–Crippen LogP) is 6.10. The zero-order valence-corrected chi connectivity index (χ0v) is 25.2. The first kappa shape index (κ1) is 30.6. The van der Waals surface area contributed by atoms with Gasteiger partial charge in [-0.15, -0.1) is 0 Å². The molecule has 0 radical (unpaired) electrons. The van der Waals surface area contributed by atoms with Crippen LogP contribution < -0.4 is 9.62 Å². The molecule has 1 aliphatic rings. The third kappa shape index (κ3) is 7.49. The molecule has 41 heavy (non-hydrogen) atoms. The van der Waals surface area contributed by atoms with E-state index < -0.39 is 28.5 Å². The molecule has 0 saturated heterocycles. The van der Waals surface area contributed by atoms with Crippen LogP contribution in [0.1, 0.15) is 56.6 Å². The highest BCUT2D eigenvalue weighted by molar-refractivity contribution is 7.92. The van der Waals surface area contributed by atoms with Crippen LogP contribution in [0.5, 0.6) is 0 Å². The van der Waals surface area contributed by atoms with Gasteiger partial charge >= 0.3 is 0 Å². The van der Waals surface area contributed by atoms with E-state index in [0.717, 1.165) is 36.4 Å². The molecule has 1 atom stereocenters. The fourth-order valence-corrected chi connectivity index (χ4v) is 7.05. The van der Waals surface area contributed by atoms with Crippen LogP contribution in [0.2, 0.25) is 5.02 Å². The summed E-state index contributed by atoms with van der Waals surface area (Å²) in [4.78, 5) is 29.4. The van der Waals surface area contributed by atoms with E-state index in [1.54, 1.807) is 55.5 Å². The quantitative estimate of drug-likeness (QED) is 0.290. The van der Waals surface area contributed by atoms with Gasteiger partial charge in [-0.05, 0) is 61.6 Å². The van der Waals surface area contributed by atoms with E-state index in [2.05, 4.69) is 5.32 Å². The van der Waals surface area contributed by atoms with Crippen molar-refractivity contribution in [2.45, 2.75) is 75.9 Å². The number of sulfonamides is 1. The van der Waals surface area contributed by atoms with Crippen LogP contribution in [0.4, 0.5) is 5.69 Å². The zero-order valence-electron chi connectivity index (χ0n) is 23.6. The van der Waals surface area contributed by atoms with Gasteiger partial charge in [0.1, 0.15) is 12.6 Å². The molecule has 0 heterocycles. The predicted molar refractivity (Wildman–Crippen MR) is 163 cm³/mol. The van der Waals surface area contributed by atoms with Gasteiger partial charge < -0.3 is 10.2 Å². The van der Waals surface area contributed by atoms with Gasteiger partial charge in [0.05, 0.1) is 10.6 Å². The smallest absolute Gasteiger partial charge is 0.264 e. The topological polar surface area (TPSA) is 86.8 Å². The fourth-order valence-electron chi connectivity index (χ4n) is 5.35. The van der Waals surface area contributed by atoms with Gasteiger partial charge in [-0.1, -0.05) is 92.4 Å². The third-order valence-electron chi connectivity index (χ3n) is 7.63. The summed E-state index contributed by atoms with van der Waals surface area (Å²) in [6, 6.07) is 21.6. The van der Waals surface area contributed by atoms with E-state index in [1.807, 2.05) is 25.1 Å². The molecule has 0 aromatic heterocycles. The molecule has 3 aromatic rings. The average molecular weight is 596 g/mol. The maximum atomic E-state index is 14.2. The van der Waals surface area contributed by atoms with Crippen molar-refractivity contribution >= 4 is 39.1 Å². The molecular weight excluding hydrogens is 558 g/mol. The Balaban J connectivity index is 1.71. The SMILES string of the molecule is CC[C@@H](C(=O)NC1CCCCC1)N(Cc1ccccc1Cl)C(=O)CN(c1ccccc1C)S(=O)(=O)c1ccccc1. The van der Waals surface area contributed by atoms with Crippen molar-refractivity contribution < 1.29 is 18.0 Å². The number of anilines is 1. The second kappa shape index (κ2) is 14.0. The Morgan fingerprint density at radius 1 is 0.927 bits per heavy atom. The highest BCUT2D eigenvalue weighted by atomic mass is 35.5.